The molecule has 1 amide bonds. The van der Waals surface area contributed by atoms with Crippen molar-refractivity contribution in [2.75, 3.05) is 6.54 Å². The van der Waals surface area contributed by atoms with Crippen LogP contribution in [0.5, 0.6) is 0 Å². The highest BCUT2D eigenvalue weighted by Crippen LogP contribution is 2.43. The number of hydrogen-bond acceptors (Lipinski definition) is 1. The van der Waals surface area contributed by atoms with Gasteiger partial charge in [0, 0.05) is 18.0 Å². The lowest BCUT2D eigenvalue weighted by Crippen LogP contribution is -2.27. The minimum atomic E-state index is 0.136. The fraction of sp³-hybridized carbons (Fsp3) is 0.545. The summed E-state index contributed by atoms with van der Waals surface area (Å²) >= 11 is 0. The van der Waals surface area contributed by atoms with Crippen LogP contribution in [0.1, 0.15) is 20.3 Å². The zero-order chi connectivity index (χ0) is 9.42. The van der Waals surface area contributed by atoms with Crippen molar-refractivity contribution in [2.24, 2.45) is 11.8 Å². The quantitative estimate of drug-likeness (QED) is 0.638. The number of amides is 1. The topological polar surface area (TPSA) is 29.1 Å². The summed E-state index contributed by atoms with van der Waals surface area (Å²) < 4.78 is 0. The summed E-state index contributed by atoms with van der Waals surface area (Å²) in [5.41, 5.74) is 2.30. The van der Waals surface area contributed by atoms with Crippen LogP contribution in [0.4, 0.5) is 0 Å². The van der Waals surface area contributed by atoms with Gasteiger partial charge in [-0.15, -0.1) is 0 Å². The molecule has 0 heterocycles. The molecule has 0 aromatic carbocycles. The molecule has 2 aliphatic rings. The molecule has 0 saturated carbocycles. The van der Waals surface area contributed by atoms with Crippen molar-refractivity contribution in [3.63, 3.8) is 0 Å². The molecule has 0 spiro atoms. The summed E-state index contributed by atoms with van der Waals surface area (Å²) in [6.45, 7) is 4.76. The van der Waals surface area contributed by atoms with Crippen LogP contribution < -0.4 is 5.32 Å². The number of fused-ring (bicyclic) bond motifs is 2. The SMILES string of the molecule is CCNC(=O)C1=C(C)C2C=CC1C2. The highest BCUT2D eigenvalue weighted by molar-refractivity contribution is 5.96. The average Bonchev–Trinajstić information content (AvgIpc) is 2.63. The van der Waals surface area contributed by atoms with E-state index in [-0.39, 0.29) is 5.91 Å². The fourth-order valence-electron chi connectivity index (χ4n) is 2.33. The third-order valence-electron chi connectivity index (χ3n) is 3.02. The first-order valence-electron chi connectivity index (χ1n) is 4.91. The number of allylic oxidation sites excluding steroid dienone is 3. The normalized spacial score (nSPS) is 30.0. The molecule has 2 nitrogen and oxygen atoms in total. The molecule has 0 aliphatic heterocycles. The lowest BCUT2D eigenvalue weighted by Gasteiger charge is -2.12. The molecule has 70 valence electrons. The molecule has 0 aromatic rings. The van der Waals surface area contributed by atoms with Crippen molar-refractivity contribution in [1.29, 1.82) is 0 Å². The molecule has 2 unspecified atom stereocenters. The molecule has 2 bridgehead atoms. The van der Waals surface area contributed by atoms with E-state index in [1.165, 1.54) is 5.57 Å². The Bertz CT molecular complexity index is 301. The van der Waals surface area contributed by atoms with Gasteiger partial charge in [-0.2, -0.15) is 0 Å². The Balaban J connectivity index is 2.20. The first-order chi connectivity index (χ1) is 6.24. The lowest BCUT2D eigenvalue weighted by atomic mass is 9.98. The van der Waals surface area contributed by atoms with Crippen LogP contribution in [0.3, 0.4) is 0 Å². The number of likely N-dealkylation sites (N-methyl/N-ethyl adjacent to an activating group) is 1. The first-order valence-corrected chi connectivity index (χ1v) is 4.91. The van der Waals surface area contributed by atoms with Crippen LogP contribution in [0.25, 0.3) is 0 Å². The highest BCUT2D eigenvalue weighted by Gasteiger charge is 2.35. The van der Waals surface area contributed by atoms with E-state index in [4.69, 9.17) is 0 Å². The monoisotopic (exact) mass is 177 g/mol. The molecule has 0 saturated heterocycles. The molecule has 2 aliphatic carbocycles. The summed E-state index contributed by atoms with van der Waals surface area (Å²) in [4.78, 5) is 11.6. The molecule has 1 N–H and O–H groups in total. The number of nitrogens with one attached hydrogen (secondary N) is 1. The predicted molar refractivity (Wildman–Crippen MR) is 52.1 cm³/mol. The van der Waals surface area contributed by atoms with Gasteiger partial charge >= 0.3 is 0 Å². The number of hydrogen-bond donors (Lipinski definition) is 1. The maximum atomic E-state index is 11.6. The van der Waals surface area contributed by atoms with Crippen molar-refractivity contribution >= 4 is 5.91 Å². The summed E-state index contributed by atoms with van der Waals surface area (Å²) in [7, 11) is 0. The van der Waals surface area contributed by atoms with Crippen molar-refractivity contribution in [3.05, 3.63) is 23.3 Å². The summed E-state index contributed by atoms with van der Waals surface area (Å²) in [6, 6.07) is 0. The van der Waals surface area contributed by atoms with E-state index in [0.717, 1.165) is 18.5 Å². The third-order valence-corrected chi connectivity index (χ3v) is 3.02. The maximum absolute atomic E-state index is 11.6. The Morgan fingerprint density at radius 2 is 2.23 bits per heavy atom. The van der Waals surface area contributed by atoms with Gasteiger partial charge in [-0.1, -0.05) is 17.7 Å². The van der Waals surface area contributed by atoms with E-state index >= 15 is 0 Å². The van der Waals surface area contributed by atoms with E-state index < -0.39 is 0 Å². The summed E-state index contributed by atoms with van der Waals surface area (Å²) in [5.74, 6) is 1.08. The average molecular weight is 177 g/mol. The van der Waals surface area contributed by atoms with Gasteiger partial charge in [-0.05, 0) is 26.2 Å². The molecule has 0 fully saturated rings. The van der Waals surface area contributed by atoms with Gasteiger partial charge in [0.25, 0.3) is 0 Å². The Kier molecular flexibility index (Phi) is 1.98. The van der Waals surface area contributed by atoms with E-state index in [9.17, 15) is 4.79 Å². The minimum Gasteiger partial charge on any atom is -0.353 e. The van der Waals surface area contributed by atoms with Crippen LogP contribution in [-0.4, -0.2) is 12.5 Å². The minimum absolute atomic E-state index is 0.136. The van der Waals surface area contributed by atoms with Crippen LogP contribution in [0, 0.1) is 11.8 Å². The van der Waals surface area contributed by atoms with Gasteiger partial charge in [0.1, 0.15) is 0 Å². The third kappa shape index (κ3) is 1.21. The van der Waals surface area contributed by atoms with Crippen LogP contribution in [0.15, 0.2) is 23.3 Å². The predicted octanol–water partition coefficient (Wildman–Crippen LogP) is 1.64. The van der Waals surface area contributed by atoms with E-state index in [2.05, 4.69) is 24.4 Å². The summed E-state index contributed by atoms with van der Waals surface area (Å²) in [6.07, 6.45) is 5.52. The maximum Gasteiger partial charge on any atom is 0.247 e. The highest BCUT2D eigenvalue weighted by atomic mass is 16.1. The van der Waals surface area contributed by atoms with Crippen LogP contribution in [0.2, 0.25) is 0 Å². The second kappa shape index (κ2) is 3.02. The molecule has 2 atom stereocenters. The first kappa shape index (κ1) is 8.54. The second-order valence-corrected chi connectivity index (χ2v) is 3.79. The van der Waals surface area contributed by atoms with E-state index in [1.807, 2.05) is 6.92 Å². The molecule has 0 radical (unpaired) electrons. The van der Waals surface area contributed by atoms with E-state index in [0.29, 0.717) is 11.8 Å². The van der Waals surface area contributed by atoms with E-state index in [1.54, 1.807) is 0 Å². The van der Waals surface area contributed by atoms with Gasteiger partial charge in [0.05, 0.1) is 0 Å². The number of carbonyl (C=O) groups is 1. The van der Waals surface area contributed by atoms with Crippen molar-refractivity contribution in [1.82, 2.24) is 5.32 Å². The van der Waals surface area contributed by atoms with Gasteiger partial charge in [0.2, 0.25) is 5.91 Å². The van der Waals surface area contributed by atoms with Gasteiger partial charge in [0.15, 0.2) is 0 Å². The lowest BCUT2D eigenvalue weighted by molar-refractivity contribution is -0.117. The molecule has 2 rings (SSSR count). The number of carbonyl (C=O) groups excluding carboxylic acids is 1. The fourth-order valence-corrected chi connectivity index (χ4v) is 2.33. The molecular weight excluding hydrogens is 162 g/mol. The van der Waals surface area contributed by atoms with Crippen molar-refractivity contribution in [3.8, 4) is 0 Å². The zero-order valence-corrected chi connectivity index (χ0v) is 8.13. The summed E-state index contributed by atoms with van der Waals surface area (Å²) in [5, 5.41) is 2.87. The Labute approximate surface area is 78.7 Å². The largest absolute Gasteiger partial charge is 0.353 e. The van der Waals surface area contributed by atoms with Crippen molar-refractivity contribution < 1.29 is 4.79 Å². The van der Waals surface area contributed by atoms with Crippen molar-refractivity contribution in [2.45, 2.75) is 20.3 Å². The Morgan fingerprint density at radius 3 is 2.77 bits per heavy atom. The van der Waals surface area contributed by atoms with Gasteiger partial charge in [-0.25, -0.2) is 0 Å². The molecule has 2 heteroatoms. The standard InChI is InChI=1S/C11H15NO/c1-3-12-11(13)10-7(2)8-4-5-9(10)6-8/h4-5,8-9H,3,6H2,1-2H3,(H,12,13). The second-order valence-electron chi connectivity index (χ2n) is 3.79. The number of rotatable bonds is 2. The van der Waals surface area contributed by atoms with Crippen LogP contribution >= 0.6 is 0 Å². The Morgan fingerprint density at radius 1 is 1.54 bits per heavy atom. The van der Waals surface area contributed by atoms with Crippen LogP contribution in [-0.2, 0) is 4.79 Å². The molecule has 13 heavy (non-hydrogen) atoms. The smallest absolute Gasteiger partial charge is 0.247 e. The Hall–Kier alpha value is -1.05. The zero-order valence-electron chi connectivity index (χ0n) is 8.13. The molecular formula is C11H15NO. The van der Waals surface area contributed by atoms with Gasteiger partial charge in [-0.3, -0.25) is 4.79 Å². The van der Waals surface area contributed by atoms with Gasteiger partial charge < -0.3 is 5.32 Å². The molecule has 0 aromatic heterocycles.